The average Bonchev–Trinajstić information content (AvgIpc) is 2.27. The second-order valence-corrected chi connectivity index (χ2v) is 5.49. The summed E-state index contributed by atoms with van der Waals surface area (Å²) < 4.78 is 16.3. The Bertz CT molecular complexity index is 424. The van der Waals surface area contributed by atoms with Gasteiger partial charge in [-0.25, -0.2) is 4.79 Å². The van der Waals surface area contributed by atoms with E-state index in [9.17, 15) is 4.79 Å². The molecule has 1 aromatic rings. The van der Waals surface area contributed by atoms with Gasteiger partial charge in [-0.1, -0.05) is 0 Å². The van der Waals surface area contributed by atoms with Gasteiger partial charge < -0.3 is 14.2 Å². The Hall–Kier alpha value is -1.23. The highest BCUT2D eigenvalue weighted by Crippen LogP contribution is 2.36. The van der Waals surface area contributed by atoms with Gasteiger partial charge >= 0.3 is 5.97 Å². The first-order valence-corrected chi connectivity index (χ1v) is 6.22. The van der Waals surface area contributed by atoms with Crippen LogP contribution in [0.3, 0.4) is 0 Å². The van der Waals surface area contributed by atoms with E-state index in [4.69, 9.17) is 14.2 Å². The molecule has 0 atom stereocenters. The number of benzene rings is 1. The monoisotopic (exact) mass is 316 g/mol. The van der Waals surface area contributed by atoms with Crippen LogP contribution in [0.25, 0.3) is 0 Å². The van der Waals surface area contributed by atoms with E-state index in [1.807, 2.05) is 20.8 Å². The molecular formula is C13H17BrO4. The zero-order valence-electron chi connectivity index (χ0n) is 11.2. The Morgan fingerprint density at radius 1 is 1.11 bits per heavy atom. The molecule has 18 heavy (non-hydrogen) atoms. The molecule has 0 amide bonds. The largest absolute Gasteiger partial charge is 0.495 e. The molecule has 4 nitrogen and oxygen atoms in total. The van der Waals surface area contributed by atoms with E-state index in [2.05, 4.69) is 15.9 Å². The van der Waals surface area contributed by atoms with Crippen molar-refractivity contribution in [3.05, 3.63) is 22.2 Å². The van der Waals surface area contributed by atoms with Crippen LogP contribution in [-0.4, -0.2) is 25.8 Å². The van der Waals surface area contributed by atoms with Crippen molar-refractivity contribution >= 4 is 21.9 Å². The van der Waals surface area contributed by atoms with E-state index in [1.165, 1.54) is 14.2 Å². The molecule has 0 aliphatic carbocycles. The minimum atomic E-state index is -0.537. The van der Waals surface area contributed by atoms with Crippen LogP contribution < -0.4 is 9.47 Å². The summed E-state index contributed by atoms with van der Waals surface area (Å²) in [5.41, 5.74) is -0.146. The molecule has 0 saturated carbocycles. The molecule has 0 saturated heterocycles. The predicted octanol–water partition coefficient (Wildman–Crippen LogP) is 3.42. The Kier molecular flexibility index (Phi) is 4.62. The third-order valence-corrected chi connectivity index (χ3v) is 2.86. The fraction of sp³-hybridized carbons (Fsp3) is 0.462. The molecule has 0 spiro atoms. The lowest BCUT2D eigenvalue weighted by atomic mass is 10.1. The summed E-state index contributed by atoms with van der Waals surface area (Å²) in [4.78, 5) is 12.0. The maximum atomic E-state index is 12.0. The summed E-state index contributed by atoms with van der Waals surface area (Å²) in [6.45, 7) is 5.45. The number of rotatable bonds is 3. The first-order chi connectivity index (χ1) is 8.28. The summed E-state index contributed by atoms with van der Waals surface area (Å²) in [5, 5.41) is 0. The third-order valence-electron chi connectivity index (χ3n) is 2.08. The molecule has 1 aromatic carbocycles. The van der Waals surface area contributed by atoms with Crippen molar-refractivity contribution in [2.75, 3.05) is 14.2 Å². The molecule has 0 aromatic heterocycles. The lowest BCUT2D eigenvalue weighted by Gasteiger charge is -2.20. The molecule has 0 aliphatic heterocycles. The molecule has 0 unspecified atom stereocenters. The lowest BCUT2D eigenvalue weighted by Crippen LogP contribution is -2.23. The van der Waals surface area contributed by atoms with E-state index in [0.29, 0.717) is 21.5 Å². The molecule has 0 N–H and O–H groups in total. The van der Waals surface area contributed by atoms with Crippen molar-refractivity contribution in [3.63, 3.8) is 0 Å². The Balaban J connectivity index is 3.14. The highest BCUT2D eigenvalue weighted by atomic mass is 79.9. The van der Waals surface area contributed by atoms with Crippen LogP contribution in [0, 0.1) is 0 Å². The highest BCUT2D eigenvalue weighted by Gasteiger charge is 2.20. The van der Waals surface area contributed by atoms with Gasteiger partial charge in [0.25, 0.3) is 0 Å². The number of hydrogen-bond acceptors (Lipinski definition) is 4. The molecular weight excluding hydrogens is 300 g/mol. The number of ether oxygens (including phenoxy) is 3. The Labute approximate surface area is 115 Å². The predicted molar refractivity (Wildman–Crippen MR) is 72.4 cm³/mol. The molecule has 100 valence electrons. The van der Waals surface area contributed by atoms with Gasteiger partial charge in [0.2, 0.25) is 0 Å². The first kappa shape index (κ1) is 14.8. The van der Waals surface area contributed by atoms with Gasteiger partial charge in [0.15, 0.2) is 0 Å². The van der Waals surface area contributed by atoms with Crippen LogP contribution in [0.5, 0.6) is 11.5 Å². The normalized spacial score (nSPS) is 11.0. The summed E-state index contributed by atoms with van der Waals surface area (Å²) in [5.74, 6) is 0.636. The Morgan fingerprint density at radius 2 is 1.56 bits per heavy atom. The van der Waals surface area contributed by atoms with Crippen LogP contribution in [0.2, 0.25) is 0 Å². The number of carbonyl (C=O) groups excluding carboxylic acids is 1. The van der Waals surface area contributed by atoms with Crippen LogP contribution in [0.1, 0.15) is 31.1 Å². The lowest BCUT2D eigenvalue weighted by molar-refractivity contribution is 0.00688. The smallest absolute Gasteiger partial charge is 0.338 e. The Morgan fingerprint density at radius 3 is 1.89 bits per heavy atom. The highest BCUT2D eigenvalue weighted by molar-refractivity contribution is 9.10. The molecule has 0 bridgehead atoms. The van der Waals surface area contributed by atoms with Gasteiger partial charge in [-0.2, -0.15) is 0 Å². The van der Waals surface area contributed by atoms with Crippen LogP contribution in [-0.2, 0) is 4.74 Å². The minimum absolute atomic E-state index is 0.391. The molecule has 1 rings (SSSR count). The maximum absolute atomic E-state index is 12.0. The SMILES string of the molecule is COc1cc(C(=O)OC(C)(C)C)cc(OC)c1Br. The number of methoxy groups -OCH3 is 2. The first-order valence-electron chi connectivity index (χ1n) is 5.43. The topological polar surface area (TPSA) is 44.8 Å². The van der Waals surface area contributed by atoms with E-state index >= 15 is 0 Å². The molecule has 0 heterocycles. The van der Waals surface area contributed by atoms with Crippen LogP contribution >= 0.6 is 15.9 Å². The van der Waals surface area contributed by atoms with E-state index in [1.54, 1.807) is 12.1 Å². The van der Waals surface area contributed by atoms with Crippen molar-refractivity contribution in [2.24, 2.45) is 0 Å². The quantitative estimate of drug-likeness (QED) is 0.801. The van der Waals surface area contributed by atoms with E-state index < -0.39 is 11.6 Å². The number of esters is 1. The van der Waals surface area contributed by atoms with Gasteiger partial charge in [-0.15, -0.1) is 0 Å². The summed E-state index contributed by atoms with van der Waals surface area (Å²) >= 11 is 3.34. The average molecular weight is 317 g/mol. The number of hydrogen-bond donors (Lipinski definition) is 0. The summed E-state index contributed by atoms with van der Waals surface area (Å²) in [7, 11) is 3.05. The maximum Gasteiger partial charge on any atom is 0.338 e. The number of carbonyl (C=O) groups is 1. The zero-order valence-corrected chi connectivity index (χ0v) is 12.8. The van der Waals surface area contributed by atoms with Crippen molar-refractivity contribution in [2.45, 2.75) is 26.4 Å². The third kappa shape index (κ3) is 3.63. The van der Waals surface area contributed by atoms with Gasteiger partial charge in [0, 0.05) is 0 Å². The van der Waals surface area contributed by atoms with E-state index in [-0.39, 0.29) is 0 Å². The van der Waals surface area contributed by atoms with Crippen molar-refractivity contribution in [1.29, 1.82) is 0 Å². The molecule has 0 fully saturated rings. The van der Waals surface area contributed by atoms with Crippen molar-refractivity contribution < 1.29 is 19.0 Å². The molecule has 5 heteroatoms. The van der Waals surface area contributed by atoms with Crippen molar-refractivity contribution in [1.82, 2.24) is 0 Å². The van der Waals surface area contributed by atoms with Gasteiger partial charge in [0.1, 0.15) is 21.6 Å². The zero-order chi connectivity index (χ0) is 13.9. The second-order valence-electron chi connectivity index (χ2n) is 4.70. The molecule has 0 radical (unpaired) electrons. The fourth-order valence-electron chi connectivity index (χ4n) is 1.32. The minimum Gasteiger partial charge on any atom is -0.495 e. The summed E-state index contributed by atoms with van der Waals surface area (Å²) in [6, 6.07) is 3.22. The summed E-state index contributed by atoms with van der Waals surface area (Å²) in [6.07, 6.45) is 0. The van der Waals surface area contributed by atoms with Crippen LogP contribution in [0.4, 0.5) is 0 Å². The van der Waals surface area contributed by atoms with Crippen molar-refractivity contribution in [3.8, 4) is 11.5 Å². The second kappa shape index (κ2) is 5.61. The molecule has 0 aliphatic rings. The van der Waals surface area contributed by atoms with Gasteiger partial charge in [0.05, 0.1) is 19.8 Å². The standard InChI is InChI=1S/C13H17BrO4/c1-13(2,3)18-12(15)8-6-9(16-4)11(14)10(7-8)17-5/h6-7H,1-5H3. The van der Waals surface area contributed by atoms with Gasteiger partial charge in [-0.05, 0) is 48.8 Å². The number of halogens is 1. The van der Waals surface area contributed by atoms with Crippen LogP contribution in [0.15, 0.2) is 16.6 Å². The van der Waals surface area contributed by atoms with Gasteiger partial charge in [-0.3, -0.25) is 0 Å². The fourth-order valence-corrected chi connectivity index (χ4v) is 1.88. The van der Waals surface area contributed by atoms with E-state index in [0.717, 1.165) is 0 Å².